The second kappa shape index (κ2) is 5.43. The molecule has 0 bridgehead atoms. The fourth-order valence-corrected chi connectivity index (χ4v) is 7.45. The van der Waals surface area contributed by atoms with Gasteiger partial charge in [0.25, 0.3) is 0 Å². The third kappa shape index (κ3) is 2.08. The average molecular weight is 333 g/mol. The second-order valence-electron chi connectivity index (χ2n) is 9.63. The van der Waals surface area contributed by atoms with Crippen LogP contribution in [-0.4, -0.2) is 11.2 Å². The number of halogens is 1. The quantitative estimate of drug-likeness (QED) is 0.556. The van der Waals surface area contributed by atoms with Crippen LogP contribution in [0.1, 0.15) is 72.6 Å². The third-order valence-corrected chi connectivity index (χ3v) is 8.84. The average Bonchev–Trinajstić information content (AvgIpc) is 2.86. The van der Waals surface area contributed by atoms with Gasteiger partial charge in [-0.2, -0.15) is 0 Å². The lowest BCUT2D eigenvalue weighted by atomic mass is 9.45. The molecule has 3 fully saturated rings. The van der Waals surface area contributed by atoms with Crippen LogP contribution in [0, 0.1) is 34.5 Å². The fourth-order valence-electron chi connectivity index (χ4n) is 7.45. The molecule has 3 unspecified atom stereocenters. The standard InChI is InChI=1S/C22H33FO/c1-13-11-16(24)12-15-5-6-17-19-8-7-18(14(2)23)21(19,3)10-9-20(17)22(13,15)4/h5,13,16-17,19-20,24H,6-12H2,1-4H3/t13-,16-,17?,19?,20?,21+,22-/m0/s1. The number of aliphatic hydroxyl groups excluding tert-OH is 1. The topological polar surface area (TPSA) is 20.2 Å². The zero-order chi connectivity index (χ0) is 17.3. The van der Waals surface area contributed by atoms with E-state index in [1.54, 1.807) is 6.92 Å². The van der Waals surface area contributed by atoms with Gasteiger partial charge in [-0.25, -0.2) is 4.39 Å². The van der Waals surface area contributed by atoms with Gasteiger partial charge in [0.2, 0.25) is 0 Å². The molecule has 2 heteroatoms. The summed E-state index contributed by atoms with van der Waals surface area (Å²) in [5.41, 5.74) is 2.99. The zero-order valence-corrected chi connectivity index (χ0v) is 15.7. The largest absolute Gasteiger partial charge is 0.393 e. The summed E-state index contributed by atoms with van der Waals surface area (Å²) < 4.78 is 14.1. The maximum absolute atomic E-state index is 14.1. The Morgan fingerprint density at radius 2 is 2.00 bits per heavy atom. The predicted molar refractivity (Wildman–Crippen MR) is 96.1 cm³/mol. The molecule has 1 N–H and O–H groups in total. The van der Waals surface area contributed by atoms with Crippen molar-refractivity contribution in [2.45, 2.75) is 78.7 Å². The van der Waals surface area contributed by atoms with E-state index in [2.05, 4.69) is 26.8 Å². The van der Waals surface area contributed by atoms with Crippen molar-refractivity contribution in [3.63, 3.8) is 0 Å². The first-order valence-electron chi connectivity index (χ1n) is 10.0. The fraction of sp³-hybridized carbons (Fsp3) is 0.818. The van der Waals surface area contributed by atoms with Crippen molar-refractivity contribution in [1.82, 2.24) is 0 Å². The molecule has 7 atom stereocenters. The van der Waals surface area contributed by atoms with Gasteiger partial charge in [-0.1, -0.05) is 32.4 Å². The summed E-state index contributed by atoms with van der Waals surface area (Å²) in [4.78, 5) is 0. The Hall–Kier alpha value is -0.630. The van der Waals surface area contributed by atoms with Crippen LogP contribution in [-0.2, 0) is 0 Å². The lowest BCUT2D eigenvalue weighted by Crippen LogP contribution is -2.52. The summed E-state index contributed by atoms with van der Waals surface area (Å²) in [5.74, 6) is 2.70. The summed E-state index contributed by atoms with van der Waals surface area (Å²) in [6, 6.07) is 0. The summed E-state index contributed by atoms with van der Waals surface area (Å²) in [5, 5.41) is 10.2. The minimum absolute atomic E-state index is 0.0888. The van der Waals surface area contributed by atoms with Crippen LogP contribution in [0.5, 0.6) is 0 Å². The van der Waals surface area contributed by atoms with Gasteiger partial charge in [0.05, 0.1) is 11.9 Å². The molecule has 0 radical (unpaired) electrons. The van der Waals surface area contributed by atoms with Crippen molar-refractivity contribution in [2.75, 3.05) is 0 Å². The molecule has 4 aliphatic rings. The van der Waals surface area contributed by atoms with E-state index >= 15 is 0 Å². The Labute approximate surface area is 146 Å². The Morgan fingerprint density at radius 3 is 2.71 bits per heavy atom. The molecule has 0 heterocycles. The molecule has 0 aliphatic heterocycles. The molecule has 1 nitrogen and oxygen atoms in total. The highest BCUT2D eigenvalue weighted by Crippen LogP contribution is 2.67. The lowest BCUT2D eigenvalue weighted by Gasteiger charge is -2.59. The second-order valence-corrected chi connectivity index (χ2v) is 9.63. The number of hydrogen-bond donors (Lipinski definition) is 1. The van der Waals surface area contributed by atoms with E-state index < -0.39 is 0 Å². The van der Waals surface area contributed by atoms with Crippen LogP contribution < -0.4 is 0 Å². The van der Waals surface area contributed by atoms with E-state index in [4.69, 9.17) is 0 Å². The van der Waals surface area contributed by atoms with E-state index in [1.807, 2.05) is 0 Å². The zero-order valence-electron chi connectivity index (χ0n) is 15.7. The number of hydrogen-bond acceptors (Lipinski definition) is 1. The number of fused-ring (bicyclic) bond motifs is 5. The first-order valence-corrected chi connectivity index (χ1v) is 10.0. The number of rotatable bonds is 0. The Morgan fingerprint density at radius 1 is 1.25 bits per heavy atom. The van der Waals surface area contributed by atoms with Crippen molar-refractivity contribution in [2.24, 2.45) is 34.5 Å². The van der Waals surface area contributed by atoms with Crippen LogP contribution in [0.4, 0.5) is 4.39 Å². The summed E-state index contributed by atoms with van der Waals surface area (Å²) in [6.45, 7) is 8.83. The summed E-state index contributed by atoms with van der Waals surface area (Å²) >= 11 is 0. The molecule has 0 spiro atoms. The summed E-state index contributed by atoms with van der Waals surface area (Å²) in [7, 11) is 0. The van der Waals surface area contributed by atoms with Gasteiger partial charge in [0.15, 0.2) is 0 Å². The van der Waals surface area contributed by atoms with Crippen LogP contribution in [0.3, 0.4) is 0 Å². The minimum Gasteiger partial charge on any atom is -0.393 e. The monoisotopic (exact) mass is 332 g/mol. The maximum atomic E-state index is 14.1. The summed E-state index contributed by atoms with van der Waals surface area (Å²) in [6.07, 6.45) is 9.78. The van der Waals surface area contributed by atoms with Crippen LogP contribution >= 0.6 is 0 Å². The molecule has 0 aromatic rings. The molecular weight excluding hydrogens is 299 g/mol. The molecule has 0 aromatic heterocycles. The van der Waals surface area contributed by atoms with Gasteiger partial charge in [-0.3, -0.25) is 0 Å². The number of allylic oxidation sites excluding steroid dienone is 3. The highest BCUT2D eigenvalue weighted by atomic mass is 19.1. The van der Waals surface area contributed by atoms with Crippen LogP contribution in [0.25, 0.3) is 0 Å². The first kappa shape index (κ1) is 16.8. The van der Waals surface area contributed by atoms with Gasteiger partial charge >= 0.3 is 0 Å². The van der Waals surface area contributed by atoms with E-state index in [0.29, 0.717) is 17.8 Å². The van der Waals surface area contributed by atoms with Crippen LogP contribution in [0.15, 0.2) is 23.0 Å². The lowest BCUT2D eigenvalue weighted by molar-refractivity contribution is -0.0534. The van der Waals surface area contributed by atoms with E-state index in [0.717, 1.165) is 43.6 Å². The SMILES string of the molecule is CC(F)=C1CCC2C3CC=C4C[C@@H](O)C[C@H](C)[C@]4(C)C3CC[C@]12C. The van der Waals surface area contributed by atoms with E-state index in [9.17, 15) is 9.50 Å². The van der Waals surface area contributed by atoms with Crippen molar-refractivity contribution >= 4 is 0 Å². The molecule has 4 rings (SSSR count). The Balaban J connectivity index is 1.72. The highest BCUT2D eigenvalue weighted by molar-refractivity contribution is 5.30. The molecular formula is C22H33FO. The van der Waals surface area contributed by atoms with Crippen molar-refractivity contribution < 1.29 is 9.50 Å². The smallest absolute Gasteiger partial charge is 0.0966 e. The minimum atomic E-state index is -0.153. The molecule has 0 amide bonds. The molecule has 0 saturated heterocycles. The van der Waals surface area contributed by atoms with Crippen molar-refractivity contribution in [1.29, 1.82) is 0 Å². The predicted octanol–water partition coefficient (Wildman–Crippen LogP) is 5.80. The number of aliphatic hydroxyl groups is 1. The van der Waals surface area contributed by atoms with E-state index in [1.165, 1.54) is 18.4 Å². The van der Waals surface area contributed by atoms with Gasteiger partial charge in [-0.15, -0.1) is 0 Å². The van der Waals surface area contributed by atoms with Gasteiger partial charge < -0.3 is 5.11 Å². The molecule has 24 heavy (non-hydrogen) atoms. The molecule has 134 valence electrons. The van der Waals surface area contributed by atoms with Gasteiger partial charge in [0.1, 0.15) is 0 Å². The first-order chi connectivity index (χ1) is 11.3. The van der Waals surface area contributed by atoms with E-state index in [-0.39, 0.29) is 22.8 Å². The van der Waals surface area contributed by atoms with Crippen molar-refractivity contribution in [3.8, 4) is 0 Å². The molecule has 4 aliphatic carbocycles. The maximum Gasteiger partial charge on any atom is 0.0966 e. The highest BCUT2D eigenvalue weighted by Gasteiger charge is 2.59. The van der Waals surface area contributed by atoms with Crippen LogP contribution in [0.2, 0.25) is 0 Å². The molecule has 3 saturated carbocycles. The van der Waals surface area contributed by atoms with Gasteiger partial charge in [0, 0.05) is 0 Å². The third-order valence-electron chi connectivity index (χ3n) is 8.84. The normalized spacial score (nSPS) is 52.9. The Bertz CT molecular complexity index is 601. The van der Waals surface area contributed by atoms with Crippen molar-refractivity contribution in [3.05, 3.63) is 23.0 Å². The molecule has 0 aromatic carbocycles. The Kier molecular flexibility index (Phi) is 3.81. The van der Waals surface area contributed by atoms with Gasteiger partial charge in [-0.05, 0) is 91.9 Å².